The van der Waals surface area contributed by atoms with Crippen molar-refractivity contribution in [2.45, 2.75) is 11.1 Å². The fourth-order valence-electron chi connectivity index (χ4n) is 1.72. The van der Waals surface area contributed by atoms with E-state index in [1.54, 1.807) is 0 Å². The minimum Gasteiger partial charge on any atom is -0.338 e. The van der Waals surface area contributed by atoms with Crippen molar-refractivity contribution in [2.24, 2.45) is 0 Å². The molecule has 0 amide bonds. The van der Waals surface area contributed by atoms with Gasteiger partial charge in [-0.3, -0.25) is 0 Å². The van der Waals surface area contributed by atoms with Gasteiger partial charge in [-0.25, -0.2) is 8.42 Å². The summed E-state index contributed by atoms with van der Waals surface area (Å²) < 4.78 is 63.5. The van der Waals surface area contributed by atoms with Gasteiger partial charge in [0.1, 0.15) is 0 Å². The summed E-state index contributed by atoms with van der Waals surface area (Å²) in [5, 5.41) is 9.34. The fourth-order valence-corrected chi connectivity index (χ4v) is 4.00. The molecule has 2 rings (SSSR count). The maximum atomic E-state index is 12.5. The van der Waals surface area contributed by atoms with Crippen LogP contribution in [0, 0.1) is 0 Å². The maximum Gasteiger partial charge on any atom is 0.435 e. The molecule has 2 aromatic rings. The molecule has 136 valence electrons. The lowest BCUT2D eigenvalue weighted by Crippen LogP contribution is -2.25. The lowest BCUT2D eigenvalue weighted by molar-refractivity contribution is -0.141. The Bertz CT molecular complexity index is 863. The second-order valence-electron chi connectivity index (χ2n) is 4.85. The molecule has 0 fully saturated rings. The van der Waals surface area contributed by atoms with Crippen molar-refractivity contribution in [1.29, 1.82) is 0 Å². The highest BCUT2D eigenvalue weighted by atomic mass is 79.9. The SMILES string of the molecule is CN(CP)S(=O)(=O)c1ccc(Nc2ccc(C(F)(F)F)nn2)c(Br)c1. The van der Waals surface area contributed by atoms with Crippen LogP contribution in [0.4, 0.5) is 24.7 Å². The van der Waals surface area contributed by atoms with Crippen molar-refractivity contribution in [3.05, 3.63) is 40.5 Å². The number of benzene rings is 1. The van der Waals surface area contributed by atoms with Gasteiger partial charge >= 0.3 is 6.18 Å². The third-order valence-corrected chi connectivity index (χ3v) is 6.41. The molecule has 1 N–H and O–H groups in total. The third-order valence-electron chi connectivity index (χ3n) is 3.12. The molecule has 0 aliphatic heterocycles. The van der Waals surface area contributed by atoms with Crippen LogP contribution < -0.4 is 5.32 Å². The van der Waals surface area contributed by atoms with Gasteiger partial charge in [0, 0.05) is 17.8 Å². The molecule has 1 atom stereocenters. The van der Waals surface area contributed by atoms with E-state index in [-0.39, 0.29) is 17.0 Å². The number of hydrogen-bond donors (Lipinski definition) is 1. The molecule has 1 heterocycles. The Labute approximate surface area is 153 Å². The van der Waals surface area contributed by atoms with Crippen LogP contribution in [0.1, 0.15) is 5.69 Å². The van der Waals surface area contributed by atoms with E-state index in [1.807, 2.05) is 0 Å². The maximum absolute atomic E-state index is 12.5. The molecule has 1 aromatic carbocycles. The molecule has 1 aromatic heterocycles. The van der Waals surface area contributed by atoms with Crippen molar-refractivity contribution in [1.82, 2.24) is 14.5 Å². The minimum absolute atomic E-state index is 0.0772. The Morgan fingerprint density at radius 2 is 1.92 bits per heavy atom. The minimum atomic E-state index is -4.56. The number of halogens is 4. The molecule has 25 heavy (non-hydrogen) atoms. The molecule has 1 unspecified atom stereocenters. The van der Waals surface area contributed by atoms with Gasteiger partial charge in [0.15, 0.2) is 11.5 Å². The summed E-state index contributed by atoms with van der Waals surface area (Å²) >= 11 is 3.24. The lowest BCUT2D eigenvalue weighted by atomic mass is 10.3. The lowest BCUT2D eigenvalue weighted by Gasteiger charge is -2.16. The number of aromatic nitrogens is 2. The molecule has 0 aliphatic rings. The summed E-state index contributed by atoms with van der Waals surface area (Å²) in [6, 6.07) is 6.20. The Morgan fingerprint density at radius 1 is 1.24 bits per heavy atom. The highest BCUT2D eigenvalue weighted by molar-refractivity contribution is 9.10. The Morgan fingerprint density at radius 3 is 2.40 bits per heavy atom. The molecule has 0 spiro atoms. The van der Waals surface area contributed by atoms with E-state index in [0.717, 1.165) is 16.4 Å². The zero-order valence-electron chi connectivity index (χ0n) is 12.7. The topological polar surface area (TPSA) is 75.2 Å². The van der Waals surface area contributed by atoms with E-state index in [0.29, 0.717) is 10.2 Å². The second kappa shape index (κ2) is 7.53. The van der Waals surface area contributed by atoms with Crippen molar-refractivity contribution in [2.75, 3.05) is 18.7 Å². The van der Waals surface area contributed by atoms with Gasteiger partial charge in [-0.15, -0.1) is 19.4 Å². The quantitative estimate of drug-likeness (QED) is 0.697. The zero-order chi connectivity index (χ0) is 18.8. The number of nitrogens with one attached hydrogen (secondary N) is 1. The van der Waals surface area contributed by atoms with Crippen LogP contribution in [0.25, 0.3) is 0 Å². The number of hydrogen-bond acceptors (Lipinski definition) is 5. The molecule has 0 saturated carbocycles. The molecule has 6 nitrogen and oxygen atoms in total. The highest BCUT2D eigenvalue weighted by Crippen LogP contribution is 2.30. The number of sulfonamides is 1. The van der Waals surface area contributed by atoms with E-state index in [4.69, 9.17) is 0 Å². The molecule has 12 heteroatoms. The second-order valence-corrected chi connectivity index (χ2v) is 8.12. The first-order valence-electron chi connectivity index (χ1n) is 6.69. The monoisotopic (exact) mass is 456 g/mol. The summed E-state index contributed by atoms with van der Waals surface area (Å²) in [5.41, 5.74) is -0.666. The zero-order valence-corrected chi connectivity index (χ0v) is 16.3. The number of alkyl halides is 3. The van der Waals surface area contributed by atoms with Crippen LogP contribution in [0.2, 0.25) is 0 Å². The van der Waals surface area contributed by atoms with Gasteiger partial charge in [-0.1, -0.05) is 0 Å². The van der Waals surface area contributed by atoms with Crippen LogP contribution in [0.5, 0.6) is 0 Å². The Hall–Kier alpha value is -1.29. The van der Waals surface area contributed by atoms with Crippen molar-refractivity contribution < 1.29 is 21.6 Å². The van der Waals surface area contributed by atoms with Crippen LogP contribution in [-0.2, 0) is 16.2 Å². The van der Waals surface area contributed by atoms with Gasteiger partial charge in [0.05, 0.1) is 10.6 Å². The number of nitrogens with zero attached hydrogens (tertiary/aromatic N) is 3. The molecule has 0 aliphatic carbocycles. The van der Waals surface area contributed by atoms with Gasteiger partial charge < -0.3 is 5.32 Å². The summed E-state index contributed by atoms with van der Waals surface area (Å²) in [6.45, 7) is 0. The molecular weight excluding hydrogens is 444 g/mol. The van der Waals surface area contributed by atoms with E-state index >= 15 is 0 Å². The Kier molecular flexibility index (Phi) is 6.03. The average molecular weight is 457 g/mol. The first-order valence-corrected chi connectivity index (χ1v) is 9.74. The average Bonchev–Trinajstić information content (AvgIpc) is 2.55. The summed E-state index contributed by atoms with van der Waals surface area (Å²) in [4.78, 5) is 0.0772. The predicted octanol–water partition coefficient (Wildman–Crippen LogP) is 3.45. The summed E-state index contributed by atoms with van der Waals surface area (Å²) in [5.74, 6) is 0.0892. The largest absolute Gasteiger partial charge is 0.435 e. The molecule has 0 saturated heterocycles. The van der Waals surface area contributed by atoms with Gasteiger partial charge in [0.25, 0.3) is 0 Å². The fraction of sp³-hybridized carbons (Fsp3) is 0.231. The van der Waals surface area contributed by atoms with Gasteiger partial charge in [-0.2, -0.15) is 17.5 Å². The summed E-state index contributed by atoms with van der Waals surface area (Å²) in [6.07, 6.45) is -4.33. The van der Waals surface area contributed by atoms with E-state index in [2.05, 4.69) is 40.7 Å². The van der Waals surface area contributed by atoms with Crippen molar-refractivity contribution in [3.63, 3.8) is 0 Å². The van der Waals surface area contributed by atoms with Crippen LogP contribution in [0.3, 0.4) is 0 Å². The molecule has 0 radical (unpaired) electrons. The van der Waals surface area contributed by atoms with E-state index in [1.165, 1.54) is 25.2 Å². The molecular formula is C13H13BrF3N4O2PS. The summed E-state index contributed by atoms with van der Waals surface area (Å²) in [7, 11) is 0.141. The van der Waals surface area contributed by atoms with Crippen LogP contribution in [-0.4, -0.2) is 36.3 Å². The normalized spacial score (nSPS) is 12.4. The predicted molar refractivity (Wildman–Crippen MR) is 94.0 cm³/mol. The van der Waals surface area contributed by atoms with Crippen LogP contribution in [0.15, 0.2) is 39.7 Å². The number of anilines is 2. The number of rotatable bonds is 5. The first kappa shape index (κ1) is 20.0. The van der Waals surface area contributed by atoms with E-state index < -0.39 is 21.9 Å². The van der Waals surface area contributed by atoms with Crippen LogP contribution >= 0.6 is 25.2 Å². The first-order chi connectivity index (χ1) is 11.6. The Balaban J connectivity index is 2.25. The van der Waals surface area contributed by atoms with Gasteiger partial charge in [-0.05, 0) is 46.3 Å². The standard InChI is InChI=1S/C13H13BrF3N4O2PS/c1-21(7-24)25(22,23)8-2-3-10(9(14)6-8)18-12-5-4-11(19-20-12)13(15,16)17/h2-6H,7,24H2,1H3,(H,18,20). The van der Waals surface area contributed by atoms with Crippen molar-refractivity contribution in [3.8, 4) is 0 Å². The van der Waals surface area contributed by atoms with Gasteiger partial charge in [0.2, 0.25) is 10.0 Å². The molecule has 0 bridgehead atoms. The highest BCUT2D eigenvalue weighted by Gasteiger charge is 2.32. The smallest absolute Gasteiger partial charge is 0.338 e. The van der Waals surface area contributed by atoms with E-state index in [9.17, 15) is 21.6 Å². The van der Waals surface area contributed by atoms with Crippen molar-refractivity contribution >= 4 is 46.7 Å². The third kappa shape index (κ3) is 4.66.